The molecule has 1 aliphatic carbocycles. The molecule has 2 heterocycles. The molecular formula is C17H15ClFN3O3. The number of cyclic esters (lactones) is 1. The van der Waals surface area contributed by atoms with Crippen molar-refractivity contribution in [1.29, 1.82) is 0 Å². The summed E-state index contributed by atoms with van der Waals surface area (Å²) in [6.07, 6.45) is 0.310. The van der Waals surface area contributed by atoms with Crippen LogP contribution in [0.15, 0.2) is 24.4 Å². The summed E-state index contributed by atoms with van der Waals surface area (Å²) in [5.74, 6) is -0.646. The van der Waals surface area contributed by atoms with Crippen LogP contribution in [0.4, 0.5) is 20.7 Å². The van der Waals surface area contributed by atoms with E-state index in [1.165, 1.54) is 4.90 Å². The molecule has 1 unspecified atom stereocenters. The number of carbonyl (C=O) groups excluding carboxylic acids is 2. The molecule has 25 heavy (non-hydrogen) atoms. The van der Waals surface area contributed by atoms with E-state index in [1.807, 2.05) is 6.92 Å². The molecule has 1 N–H and O–H groups in total. The summed E-state index contributed by atoms with van der Waals surface area (Å²) >= 11 is 6.32. The molecule has 4 rings (SSSR count). The van der Waals surface area contributed by atoms with Crippen LogP contribution in [-0.4, -0.2) is 35.8 Å². The highest BCUT2D eigenvalue weighted by atomic mass is 35.5. The fourth-order valence-corrected chi connectivity index (χ4v) is 3.21. The minimum Gasteiger partial charge on any atom is -0.447 e. The number of ether oxygens (including phenoxy) is 1. The predicted octanol–water partition coefficient (Wildman–Crippen LogP) is 3.53. The second-order valence-corrected chi connectivity index (χ2v) is 6.77. The monoisotopic (exact) mass is 363 g/mol. The fourth-order valence-electron chi connectivity index (χ4n) is 2.94. The number of hydrogen-bond donors (Lipinski definition) is 1. The molecule has 2 aliphatic rings. The summed E-state index contributed by atoms with van der Waals surface area (Å²) < 4.78 is 18.0. The third kappa shape index (κ3) is 2.89. The van der Waals surface area contributed by atoms with Gasteiger partial charge in [-0.1, -0.05) is 11.6 Å². The summed E-state index contributed by atoms with van der Waals surface area (Å²) in [6, 6.07) is 5.03. The minimum absolute atomic E-state index is 0.0987. The van der Waals surface area contributed by atoms with Crippen molar-refractivity contribution < 1.29 is 18.7 Å². The zero-order valence-corrected chi connectivity index (χ0v) is 14.1. The van der Waals surface area contributed by atoms with E-state index in [1.54, 1.807) is 24.4 Å². The summed E-state index contributed by atoms with van der Waals surface area (Å²) in [7, 11) is 0. The Morgan fingerprint density at radius 1 is 1.44 bits per heavy atom. The van der Waals surface area contributed by atoms with Gasteiger partial charge in [0.05, 0.1) is 17.0 Å². The Hall–Kier alpha value is -2.41. The summed E-state index contributed by atoms with van der Waals surface area (Å²) in [6.45, 7) is 2.20. The van der Waals surface area contributed by atoms with Crippen molar-refractivity contribution in [1.82, 2.24) is 4.98 Å². The van der Waals surface area contributed by atoms with Crippen LogP contribution in [-0.2, 0) is 9.53 Å². The number of amides is 2. The van der Waals surface area contributed by atoms with Crippen molar-refractivity contribution in [3.8, 4) is 0 Å². The second kappa shape index (κ2) is 5.84. The van der Waals surface area contributed by atoms with E-state index in [4.69, 9.17) is 16.3 Å². The van der Waals surface area contributed by atoms with Gasteiger partial charge >= 0.3 is 6.09 Å². The van der Waals surface area contributed by atoms with E-state index in [9.17, 15) is 14.0 Å². The molecule has 2 aromatic rings. The van der Waals surface area contributed by atoms with Crippen LogP contribution in [0.1, 0.15) is 13.3 Å². The highest BCUT2D eigenvalue weighted by Crippen LogP contribution is 2.36. The molecule has 1 aliphatic heterocycles. The number of carbonyl (C=O) groups is 2. The van der Waals surface area contributed by atoms with Crippen LogP contribution in [0.3, 0.4) is 0 Å². The Morgan fingerprint density at radius 2 is 2.20 bits per heavy atom. The minimum atomic E-state index is -1.07. The number of benzene rings is 1. The number of nitrogens with one attached hydrogen (secondary N) is 1. The standard InChI is InChI=1S/C17H15ClFN3O3/c1-8-7-25-17(24)22(8)10-2-9-3-15(20-6-12(9)13(18)4-10)21-16(23)11-5-14(11)19/h2-4,6,8,11,14H,5,7H2,1H3,(H,20,21,23)/t8?,11-,14+/m1/s1. The zero-order chi connectivity index (χ0) is 17.7. The van der Waals surface area contributed by atoms with Crippen LogP contribution >= 0.6 is 11.6 Å². The first kappa shape index (κ1) is 16.1. The highest BCUT2D eigenvalue weighted by molar-refractivity contribution is 6.36. The smallest absolute Gasteiger partial charge is 0.414 e. The molecule has 1 aromatic carbocycles. The number of aromatic nitrogens is 1. The molecule has 1 saturated carbocycles. The normalized spacial score (nSPS) is 25.2. The van der Waals surface area contributed by atoms with Gasteiger partial charge in [0, 0.05) is 17.3 Å². The van der Waals surface area contributed by atoms with E-state index in [0.29, 0.717) is 33.9 Å². The van der Waals surface area contributed by atoms with E-state index in [2.05, 4.69) is 10.3 Å². The fraction of sp³-hybridized carbons (Fsp3) is 0.353. The quantitative estimate of drug-likeness (QED) is 0.905. The Morgan fingerprint density at radius 3 is 2.84 bits per heavy atom. The van der Waals surface area contributed by atoms with Gasteiger partial charge in [-0.25, -0.2) is 14.2 Å². The maximum Gasteiger partial charge on any atom is 0.414 e. The Bertz CT molecular complexity index is 891. The Labute approximate surface area is 147 Å². The van der Waals surface area contributed by atoms with Gasteiger partial charge in [0.2, 0.25) is 5.91 Å². The van der Waals surface area contributed by atoms with Crippen LogP contribution in [0.2, 0.25) is 5.02 Å². The molecule has 1 saturated heterocycles. The Kier molecular flexibility index (Phi) is 3.76. The largest absolute Gasteiger partial charge is 0.447 e. The van der Waals surface area contributed by atoms with Crippen molar-refractivity contribution in [3.63, 3.8) is 0 Å². The van der Waals surface area contributed by atoms with Crippen LogP contribution in [0.25, 0.3) is 10.8 Å². The zero-order valence-electron chi connectivity index (χ0n) is 13.3. The van der Waals surface area contributed by atoms with Gasteiger partial charge in [-0.3, -0.25) is 9.69 Å². The Balaban J connectivity index is 1.68. The van der Waals surface area contributed by atoms with Gasteiger partial charge < -0.3 is 10.1 Å². The van der Waals surface area contributed by atoms with Gasteiger partial charge in [0.1, 0.15) is 18.6 Å². The third-order valence-corrected chi connectivity index (χ3v) is 4.75. The number of pyridine rings is 1. The van der Waals surface area contributed by atoms with E-state index in [-0.39, 0.29) is 18.4 Å². The lowest BCUT2D eigenvalue weighted by Crippen LogP contribution is -2.30. The SMILES string of the molecule is CC1COC(=O)N1c1cc(Cl)c2cnc(NC(=O)[C@@H]3C[C@@H]3F)cc2c1. The first-order chi connectivity index (χ1) is 11.9. The highest BCUT2D eigenvalue weighted by Gasteiger charge is 2.43. The van der Waals surface area contributed by atoms with Crippen molar-refractivity contribution >= 4 is 45.9 Å². The average Bonchev–Trinajstić information content (AvgIpc) is 3.20. The van der Waals surface area contributed by atoms with Gasteiger partial charge in [-0.2, -0.15) is 0 Å². The lowest BCUT2D eigenvalue weighted by Gasteiger charge is -2.19. The van der Waals surface area contributed by atoms with E-state index >= 15 is 0 Å². The molecule has 0 bridgehead atoms. The van der Waals surface area contributed by atoms with Gasteiger partial charge in [0.25, 0.3) is 0 Å². The van der Waals surface area contributed by atoms with E-state index < -0.39 is 18.2 Å². The molecule has 2 amide bonds. The maximum atomic E-state index is 13.0. The molecule has 6 nitrogen and oxygen atoms in total. The number of nitrogens with zero attached hydrogens (tertiary/aromatic N) is 2. The number of hydrogen-bond acceptors (Lipinski definition) is 4. The van der Waals surface area contributed by atoms with Crippen molar-refractivity contribution in [2.75, 3.05) is 16.8 Å². The summed E-state index contributed by atoms with van der Waals surface area (Å²) in [4.78, 5) is 29.5. The first-order valence-electron chi connectivity index (χ1n) is 7.94. The van der Waals surface area contributed by atoms with Crippen LogP contribution in [0.5, 0.6) is 0 Å². The lowest BCUT2D eigenvalue weighted by molar-refractivity contribution is -0.117. The van der Waals surface area contributed by atoms with Crippen molar-refractivity contribution in [3.05, 3.63) is 29.4 Å². The number of rotatable bonds is 3. The maximum absolute atomic E-state index is 13.0. The van der Waals surface area contributed by atoms with Gasteiger partial charge in [0.15, 0.2) is 0 Å². The summed E-state index contributed by atoms with van der Waals surface area (Å²) in [5.41, 5.74) is 0.613. The molecule has 1 aromatic heterocycles. The molecule has 130 valence electrons. The second-order valence-electron chi connectivity index (χ2n) is 6.36. The lowest BCUT2D eigenvalue weighted by atomic mass is 10.1. The molecule has 3 atom stereocenters. The number of halogens is 2. The number of fused-ring (bicyclic) bond motifs is 1. The number of alkyl halides is 1. The molecule has 0 spiro atoms. The topological polar surface area (TPSA) is 71.5 Å². The van der Waals surface area contributed by atoms with Gasteiger partial charge in [-0.15, -0.1) is 0 Å². The first-order valence-corrected chi connectivity index (χ1v) is 8.32. The van der Waals surface area contributed by atoms with E-state index in [0.717, 1.165) is 0 Å². The molecule has 0 radical (unpaired) electrons. The molecule has 8 heteroatoms. The third-order valence-electron chi connectivity index (χ3n) is 4.44. The molecule has 2 fully saturated rings. The number of anilines is 2. The van der Waals surface area contributed by atoms with Crippen molar-refractivity contribution in [2.24, 2.45) is 5.92 Å². The summed E-state index contributed by atoms with van der Waals surface area (Å²) in [5, 5.41) is 4.46. The molecular weight excluding hydrogens is 349 g/mol. The van der Waals surface area contributed by atoms with Crippen LogP contribution < -0.4 is 10.2 Å². The van der Waals surface area contributed by atoms with Crippen LogP contribution in [0, 0.1) is 5.92 Å². The average molecular weight is 364 g/mol. The van der Waals surface area contributed by atoms with Crippen molar-refractivity contribution in [2.45, 2.75) is 25.6 Å². The van der Waals surface area contributed by atoms with Gasteiger partial charge in [-0.05, 0) is 36.9 Å². The predicted molar refractivity (Wildman–Crippen MR) is 91.7 cm³/mol.